The lowest BCUT2D eigenvalue weighted by atomic mass is 9.77. The second kappa shape index (κ2) is 13.5. The van der Waals surface area contributed by atoms with Crippen LogP contribution in [0.3, 0.4) is 0 Å². The molecule has 11 heteroatoms. The summed E-state index contributed by atoms with van der Waals surface area (Å²) < 4.78 is 11.9. The number of carbonyl (C=O) groups is 1. The molecule has 0 aromatic heterocycles. The van der Waals surface area contributed by atoms with Crippen LogP contribution in [0.25, 0.3) is 0 Å². The number of nitrogens with one attached hydrogen (secondary N) is 6. The molecule has 9 atom stereocenters. The van der Waals surface area contributed by atoms with Crippen LogP contribution in [0.2, 0.25) is 0 Å². The molecular formula is C26H49N7O4. The van der Waals surface area contributed by atoms with Crippen LogP contribution < -0.4 is 32.1 Å². The van der Waals surface area contributed by atoms with Gasteiger partial charge in [0, 0.05) is 44.3 Å². The fourth-order valence-corrected chi connectivity index (χ4v) is 7.07. The van der Waals surface area contributed by atoms with Crippen LogP contribution in [-0.2, 0) is 14.3 Å². The molecule has 212 valence electrons. The molecule has 0 spiro atoms. The van der Waals surface area contributed by atoms with E-state index in [0.29, 0.717) is 43.7 Å². The molecule has 37 heavy (non-hydrogen) atoms. The first kappa shape index (κ1) is 27.7. The monoisotopic (exact) mass is 523 g/mol. The van der Waals surface area contributed by atoms with Gasteiger partial charge in [0.1, 0.15) is 0 Å². The number of β-amino-alcohol motifs (C(OH)–C–C–N with tert-alkyl or cyclic N) is 1. The van der Waals surface area contributed by atoms with Gasteiger partial charge in [-0.25, -0.2) is 10.9 Å². The summed E-state index contributed by atoms with van der Waals surface area (Å²) in [6, 6.07) is 0.670. The van der Waals surface area contributed by atoms with Crippen LogP contribution in [0.4, 0.5) is 0 Å². The number of ether oxygens (including phenoxy) is 2. The van der Waals surface area contributed by atoms with E-state index in [4.69, 9.17) is 9.47 Å². The minimum atomic E-state index is 0.0713. The molecule has 5 fully saturated rings. The van der Waals surface area contributed by atoms with Crippen LogP contribution in [-0.4, -0.2) is 105 Å². The first-order valence-corrected chi connectivity index (χ1v) is 14.7. The average Bonchev–Trinajstić information content (AvgIpc) is 3.33. The summed E-state index contributed by atoms with van der Waals surface area (Å²) in [5.41, 5.74) is 6.88. The first-order chi connectivity index (χ1) is 18.1. The quantitative estimate of drug-likeness (QED) is 0.203. The molecule has 0 bridgehead atoms. The lowest BCUT2D eigenvalue weighted by molar-refractivity contribution is -0.170. The molecular weight excluding hydrogens is 474 g/mol. The topological polar surface area (TPSA) is 131 Å². The van der Waals surface area contributed by atoms with Crippen molar-refractivity contribution in [3.8, 4) is 0 Å². The van der Waals surface area contributed by atoms with E-state index in [1.807, 2.05) is 0 Å². The van der Waals surface area contributed by atoms with Crippen LogP contribution in [0.15, 0.2) is 0 Å². The van der Waals surface area contributed by atoms with Gasteiger partial charge in [-0.3, -0.25) is 15.0 Å². The molecule has 0 aromatic carbocycles. The molecule has 7 N–H and O–H groups in total. The third-order valence-corrected chi connectivity index (χ3v) is 9.31. The summed E-state index contributed by atoms with van der Waals surface area (Å²) in [5.74, 6) is 1.26. The Kier molecular flexibility index (Phi) is 10.1. The molecule has 2 saturated carbocycles. The summed E-state index contributed by atoms with van der Waals surface area (Å²) >= 11 is 0. The standard InChI is InChI=1S/C26H49N7O4/c1-17-11-22-23(37-10-9-36-22)13-19(17)14-29-26(35)18-3-2-4-20(12-18)28-15-24-31-32-25(33(24)7-8-34)21-5-6-27-16-30-21/h17-25,27-28,30-32,34H,2-16H2,1H3,(H,29,35). The molecule has 3 aliphatic heterocycles. The number of amides is 1. The summed E-state index contributed by atoms with van der Waals surface area (Å²) in [4.78, 5) is 15.4. The van der Waals surface area contributed by atoms with E-state index in [9.17, 15) is 9.90 Å². The summed E-state index contributed by atoms with van der Waals surface area (Å²) in [6.07, 6.45) is 7.72. The Morgan fingerprint density at radius 2 is 1.89 bits per heavy atom. The predicted octanol–water partition coefficient (Wildman–Crippen LogP) is -0.956. The zero-order valence-corrected chi connectivity index (χ0v) is 22.4. The number of hydrazine groups is 1. The van der Waals surface area contributed by atoms with Crippen molar-refractivity contribution in [3.05, 3.63) is 0 Å². The number of nitrogens with zero attached hydrogens (tertiary/aromatic N) is 1. The lowest BCUT2D eigenvalue weighted by Crippen LogP contribution is -2.59. The Bertz CT molecular complexity index is 727. The molecule has 5 aliphatic rings. The van der Waals surface area contributed by atoms with E-state index >= 15 is 0 Å². The first-order valence-electron chi connectivity index (χ1n) is 14.7. The summed E-state index contributed by atoms with van der Waals surface area (Å²) in [6.45, 7) is 7.75. The molecule has 3 saturated heterocycles. The number of aliphatic hydroxyl groups excluding tert-OH is 1. The Morgan fingerprint density at radius 3 is 2.68 bits per heavy atom. The molecule has 0 aromatic rings. The minimum Gasteiger partial charge on any atom is -0.395 e. The van der Waals surface area contributed by atoms with Gasteiger partial charge in [0.2, 0.25) is 5.91 Å². The van der Waals surface area contributed by atoms with Crippen molar-refractivity contribution in [3.63, 3.8) is 0 Å². The Balaban J connectivity index is 1.06. The maximum absolute atomic E-state index is 13.1. The highest BCUT2D eigenvalue weighted by molar-refractivity contribution is 5.78. The van der Waals surface area contributed by atoms with E-state index in [1.165, 1.54) is 0 Å². The molecule has 9 unspecified atom stereocenters. The van der Waals surface area contributed by atoms with E-state index in [2.05, 4.69) is 43.9 Å². The van der Waals surface area contributed by atoms with Gasteiger partial charge in [0.15, 0.2) is 0 Å². The molecule has 2 aliphatic carbocycles. The van der Waals surface area contributed by atoms with Crippen LogP contribution >= 0.6 is 0 Å². The molecule has 0 radical (unpaired) electrons. The summed E-state index contributed by atoms with van der Waals surface area (Å²) in [5, 5.41) is 23.6. The number of hydrogen-bond donors (Lipinski definition) is 7. The zero-order valence-electron chi connectivity index (χ0n) is 22.4. The maximum Gasteiger partial charge on any atom is 0.223 e. The van der Waals surface area contributed by atoms with E-state index in [0.717, 1.165) is 71.2 Å². The van der Waals surface area contributed by atoms with Crippen molar-refractivity contribution in [1.82, 2.24) is 37.0 Å². The van der Waals surface area contributed by atoms with E-state index < -0.39 is 0 Å². The highest BCUT2D eigenvalue weighted by Gasteiger charge is 2.40. The molecule has 11 nitrogen and oxygen atoms in total. The Labute approximate surface area is 221 Å². The lowest BCUT2D eigenvalue weighted by Gasteiger charge is -2.42. The SMILES string of the molecule is CC1CC2OCCOC2CC1CNC(=O)C1CCCC(NCC2NNC(C3CCNCN3)N2CCO)C1. The van der Waals surface area contributed by atoms with E-state index in [-0.39, 0.29) is 43.0 Å². The smallest absolute Gasteiger partial charge is 0.223 e. The van der Waals surface area contributed by atoms with Crippen molar-refractivity contribution < 1.29 is 19.4 Å². The van der Waals surface area contributed by atoms with Crippen LogP contribution in [0, 0.1) is 17.8 Å². The highest BCUT2D eigenvalue weighted by atomic mass is 16.6. The number of hydrogen-bond acceptors (Lipinski definition) is 10. The third-order valence-electron chi connectivity index (χ3n) is 9.31. The van der Waals surface area contributed by atoms with Gasteiger partial charge < -0.3 is 30.5 Å². The van der Waals surface area contributed by atoms with Gasteiger partial charge in [-0.2, -0.15) is 0 Å². The Hall–Kier alpha value is -0.890. The van der Waals surface area contributed by atoms with Crippen LogP contribution in [0.1, 0.15) is 51.9 Å². The van der Waals surface area contributed by atoms with E-state index in [1.54, 1.807) is 0 Å². The number of fused-ring (bicyclic) bond motifs is 1. The van der Waals surface area contributed by atoms with Crippen molar-refractivity contribution in [1.29, 1.82) is 0 Å². The maximum atomic E-state index is 13.1. The number of carbonyl (C=O) groups excluding carboxylic acids is 1. The Morgan fingerprint density at radius 1 is 1.05 bits per heavy atom. The molecule has 5 rings (SSSR count). The highest BCUT2D eigenvalue weighted by Crippen LogP contribution is 2.35. The fourth-order valence-electron chi connectivity index (χ4n) is 7.07. The van der Waals surface area contributed by atoms with Crippen molar-refractivity contribution in [2.24, 2.45) is 17.8 Å². The van der Waals surface area contributed by atoms with Gasteiger partial charge in [0.05, 0.1) is 44.4 Å². The van der Waals surface area contributed by atoms with Crippen molar-refractivity contribution in [2.75, 3.05) is 52.7 Å². The van der Waals surface area contributed by atoms with Crippen molar-refractivity contribution in [2.45, 2.75) is 88.5 Å². The zero-order chi connectivity index (χ0) is 25.6. The van der Waals surface area contributed by atoms with Crippen LogP contribution in [0.5, 0.6) is 0 Å². The van der Waals surface area contributed by atoms with Gasteiger partial charge in [-0.05, 0) is 56.9 Å². The largest absolute Gasteiger partial charge is 0.395 e. The van der Waals surface area contributed by atoms with Crippen molar-refractivity contribution >= 4 is 5.91 Å². The minimum absolute atomic E-state index is 0.0713. The summed E-state index contributed by atoms with van der Waals surface area (Å²) in [7, 11) is 0. The normalized spacial score (nSPS) is 41.3. The number of rotatable bonds is 9. The van der Waals surface area contributed by atoms with Gasteiger partial charge in [0.25, 0.3) is 0 Å². The van der Waals surface area contributed by atoms with Gasteiger partial charge in [-0.1, -0.05) is 13.3 Å². The molecule has 1 amide bonds. The third kappa shape index (κ3) is 7.01. The average molecular weight is 524 g/mol. The van der Waals surface area contributed by atoms with Gasteiger partial charge in [-0.15, -0.1) is 0 Å². The predicted molar refractivity (Wildman–Crippen MR) is 140 cm³/mol. The van der Waals surface area contributed by atoms with Gasteiger partial charge >= 0.3 is 0 Å². The second-order valence-corrected chi connectivity index (χ2v) is 11.7. The fraction of sp³-hybridized carbons (Fsp3) is 0.962. The molecule has 3 heterocycles. The second-order valence-electron chi connectivity index (χ2n) is 11.7. The number of aliphatic hydroxyl groups is 1.